The summed E-state index contributed by atoms with van der Waals surface area (Å²) in [6.07, 6.45) is 1.23. The highest BCUT2D eigenvalue weighted by Crippen LogP contribution is 2.14. The van der Waals surface area contributed by atoms with Crippen LogP contribution < -0.4 is 16.6 Å². The van der Waals surface area contributed by atoms with E-state index in [1.807, 2.05) is 37.3 Å². The van der Waals surface area contributed by atoms with E-state index in [1.54, 1.807) is 22.8 Å². The number of unbranched alkanes of at least 4 members (excludes halogenated alkanes) is 1. The van der Waals surface area contributed by atoms with Gasteiger partial charge in [0, 0.05) is 18.7 Å². The average Bonchev–Trinajstić information content (AvgIpc) is 2.84. The Labute approximate surface area is 196 Å². The van der Waals surface area contributed by atoms with Crippen LogP contribution in [0.3, 0.4) is 0 Å². The summed E-state index contributed by atoms with van der Waals surface area (Å²) in [7, 11) is 0. The van der Waals surface area contributed by atoms with Crippen molar-refractivity contribution < 1.29 is 9.18 Å². The van der Waals surface area contributed by atoms with Crippen molar-refractivity contribution in [2.75, 3.05) is 5.32 Å². The van der Waals surface area contributed by atoms with Gasteiger partial charge in [-0.2, -0.15) is 0 Å². The van der Waals surface area contributed by atoms with Crippen LogP contribution in [0.25, 0.3) is 10.9 Å². The molecule has 1 amide bonds. The van der Waals surface area contributed by atoms with Gasteiger partial charge in [-0.25, -0.2) is 9.18 Å². The van der Waals surface area contributed by atoms with Crippen molar-refractivity contribution in [2.24, 2.45) is 0 Å². The zero-order chi connectivity index (χ0) is 24.1. The number of hydrogen-bond acceptors (Lipinski definition) is 3. The van der Waals surface area contributed by atoms with Gasteiger partial charge in [-0.1, -0.05) is 36.4 Å². The molecular weight excluding hydrogens is 433 g/mol. The van der Waals surface area contributed by atoms with E-state index in [4.69, 9.17) is 0 Å². The van der Waals surface area contributed by atoms with Crippen LogP contribution in [0.5, 0.6) is 0 Å². The molecule has 0 bridgehead atoms. The molecule has 4 aromatic rings. The maximum Gasteiger partial charge on any atom is 0.331 e. The Morgan fingerprint density at radius 1 is 0.882 bits per heavy atom. The highest BCUT2D eigenvalue weighted by Gasteiger charge is 2.14. The summed E-state index contributed by atoms with van der Waals surface area (Å²) in [4.78, 5) is 38.6. The lowest BCUT2D eigenvalue weighted by atomic mass is 10.1. The molecule has 0 unspecified atom stereocenters. The molecule has 34 heavy (non-hydrogen) atoms. The van der Waals surface area contributed by atoms with Crippen molar-refractivity contribution in [2.45, 2.75) is 39.3 Å². The molecule has 0 aliphatic rings. The molecule has 0 atom stereocenters. The van der Waals surface area contributed by atoms with E-state index in [9.17, 15) is 18.8 Å². The van der Waals surface area contributed by atoms with Crippen molar-refractivity contribution in [1.29, 1.82) is 0 Å². The minimum Gasteiger partial charge on any atom is -0.326 e. The first-order valence-corrected chi connectivity index (χ1v) is 11.3. The number of halogens is 1. The maximum atomic E-state index is 13.3. The highest BCUT2D eigenvalue weighted by molar-refractivity contribution is 5.90. The summed E-state index contributed by atoms with van der Waals surface area (Å²) >= 11 is 0. The average molecular weight is 460 g/mol. The van der Waals surface area contributed by atoms with Crippen molar-refractivity contribution in [3.63, 3.8) is 0 Å². The summed E-state index contributed by atoms with van der Waals surface area (Å²) < 4.78 is 15.9. The lowest BCUT2D eigenvalue weighted by Gasteiger charge is -2.15. The zero-order valence-corrected chi connectivity index (χ0v) is 19.0. The Hall–Kier alpha value is -4.00. The zero-order valence-electron chi connectivity index (χ0n) is 19.0. The molecule has 6 nitrogen and oxygen atoms in total. The van der Waals surface area contributed by atoms with Crippen LogP contribution in [-0.4, -0.2) is 15.0 Å². The number of fused-ring (bicyclic) bond motifs is 1. The van der Waals surface area contributed by atoms with Gasteiger partial charge in [-0.15, -0.1) is 0 Å². The maximum absolute atomic E-state index is 13.3. The fourth-order valence-corrected chi connectivity index (χ4v) is 3.99. The van der Waals surface area contributed by atoms with Crippen LogP contribution >= 0.6 is 0 Å². The van der Waals surface area contributed by atoms with E-state index >= 15 is 0 Å². The van der Waals surface area contributed by atoms with Crippen LogP contribution in [0.1, 0.15) is 30.4 Å². The van der Waals surface area contributed by atoms with E-state index < -0.39 is 0 Å². The monoisotopic (exact) mass is 459 g/mol. The van der Waals surface area contributed by atoms with Crippen molar-refractivity contribution in [3.8, 4) is 0 Å². The SMILES string of the molecule is Cc1ccccc1Cn1c(=O)n(CCCCC(=O)Nc2ccc(F)cc2)c(=O)c2ccccc21. The molecule has 1 N–H and O–H groups in total. The summed E-state index contributed by atoms with van der Waals surface area (Å²) in [5, 5.41) is 3.21. The first kappa shape index (κ1) is 23.2. The van der Waals surface area contributed by atoms with Crippen molar-refractivity contribution >= 4 is 22.5 Å². The number of aryl methyl sites for hydroxylation is 1. The van der Waals surface area contributed by atoms with Crippen molar-refractivity contribution in [3.05, 3.63) is 111 Å². The number of nitrogens with zero attached hydrogens (tertiary/aromatic N) is 2. The Balaban J connectivity index is 1.50. The van der Waals surface area contributed by atoms with Crippen LogP contribution in [0.4, 0.5) is 10.1 Å². The van der Waals surface area contributed by atoms with Crippen LogP contribution in [0, 0.1) is 12.7 Å². The van der Waals surface area contributed by atoms with Crippen molar-refractivity contribution in [1.82, 2.24) is 9.13 Å². The number of benzene rings is 3. The molecule has 0 aliphatic heterocycles. The van der Waals surface area contributed by atoms with Gasteiger partial charge in [0.05, 0.1) is 17.4 Å². The molecule has 1 aromatic heterocycles. The Morgan fingerprint density at radius 2 is 1.59 bits per heavy atom. The number of nitrogens with one attached hydrogen (secondary N) is 1. The molecule has 174 valence electrons. The topological polar surface area (TPSA) is 73.1 Å². The highest BCUT2D eigenvalue weighted by atomic mass is 19.1. The molecule has 0 spiro atoms. The minimum absolute atomic E-state index is 0.200. The largest absolute Gasteiger partial charge is 0.331 e. The van der Waals surface area contributed by atoms with Gasteiger partial charge < -0.3 is 5.32 Å². The fraction of sp³-hybridized carbons (Fsp3) is 0.222. The predicted molar refractivity (Wildman–Crippen MR) is 132 cm³/mol. The standard InChI is InChI=1S/C27H26FN3O3/c1-19-8-2-3-9-20(19)18-31-24-11-5-4-10-23(24)26(33)30(27(31)34)17-7-6-12-25(32)29-22-15-13-21(28)14-16-22/h2-5,8-11,13-16H,6-7,12,17-18H2,1H3,(H,29,32). The predicted octanol–water partition coefficient (Wildman–Crippen LogP) is 4.47. The van der Waals surface area contributed by atoms with E-state index in [0.717, 1.165) is 11.1 Å². The second-order valence-corrected chi connectivity index (χ2v) is 8.28. The number of rotatable bonds is 8. The molecule has 3 aromatic carbocycles. The number of para-hydroxylation sites is 1. The molecule has 4 rings (SSSR count). The third kappa shape index (κ3) is 5.14. The number of carbonyl (C=O) groups excluding carboxylic acids is 1. The van der Waals surface area contributed by atoms with E-state index in [0.29, 0.717) is 36.0 Å². The Kier molecular flexibility index (Phi) is 7.01. The lowest BCUT2D eigenvalue weighted by molar-refractivity contribution is -0.116. The molecule has 1 heterocycles. The van der Waals surface area contributed by atoms with Crippen LogP contribution in [0.15, 0.2) is 82.4 Å². The van der Waals surface area contributed by atoms with Gasteiger partial charge in [0.1, 0.15) is 5.82 Å². The van der Waals surface area contributed by atoms with E-state index in [1.165, 1.54) is 28.8 Å². The van der Waals surface area contributed by atoms with Gasteiger partial charge >= 0.3 is 5.69 Å². The molecular formula is C27H26FN3O3. The summed E-state index contributed by atoms with van der Waals surface area (Å²) in [6.45, 7) is 2.59. The van der Waals surface area contributed by atoms with Gasteiger partial charge in [-0.3, -0.25) is 18.7 Å². The number of anilines is 1. The van der Waals surface area contributed by atoms with Gasteiger partial charge in [-0.05, 0) is 67.3 Å². The number of carbonyl (C=O) groups is 1. The third-order valence-electron chi connectivity index (χ3n) is 5.89. The molecule has 7 heteroatoms. The first-order valence-electron chi connectivity index (χ1n) is 11.3. The lowest BCUT2D eigenvalue weighted by Crippen LogP contribution is -2.40. The summed E-state index contributed by atoms with van der Waals surface area (Å²) in [6, 6.07) is 20.6. The van der Waals surface area contributed by atoms with E-state index in [-0.39, 0.29) is 35.9 Å². The number of aromatic nitrogens is 2. The first-order chi connectivity index (χ1) is 16.4. The molecule has 0 fully saturated rings. The fourth-order valence-electron chi connectivity index (χ4n) is 3.99. The third-order valence-corrected chi connectivity index (χ3v) is 5.89. The minimum atomic E-state index is -0.369. The molecule has 0 saturated heterocycles. The van der Waals surface area contributed by atoms with Crippen LogP contribution in [0.2, 0.25) is 0 Å². The molecule has 0 radical (unpaired) electrons. The number of hydrogen-bond donors (Lipinski definition) is 1. The van der Waals surface area contributed by atoms with Gasteiger partial charge in [0.15, 0.2) is 0 Å². The second kappa shape index (κ2) is 10.3. The normalized spacial score (nSPS) is 11.0. The molecule has 0 aliphatic carbocycles. The van der Waals surface area contributed by atoms with Crippen LogP contribution in [-0.2, 0) is 17.9 Å². The second-order valence-electron chi connectivity index (χ2n) is 8.28. The van der Waals surface area contributed by atoms with E-state index in [2.05, 4.69) is 5.32 Å². The van der Waals surface area contributed by atoms with Gasteiger partial charge in [0.2, 0.25) is 5.91 Å². The smallest absolute Gasteiger partial charge is 0.326 e. The van der Waals surface area contributed by atoms with Gasteiger partial charge in [0.25, 0.3) is 5.56 Å². The Morgan fingerprint density at radius 3 is 2.35 bits per heavy atom. The quantitative estimate of drug-likeness (QED) is 0.395. The molecule has 0 saturated carbocycles. The number of amides is 1. The summed E-state index contributed by atoms with van der Waals surface area (Å²) in [5.41, 5.74) is 2.54. The summed E-state index contributed by atoms with van der Waals surface area (Å²) in [5.74, 6) is -0.568. The Bertz CT molecular complexity index is 1440.